The Morgan fingerprint density at radius 3 is 1.85 bits per heavy atom. The van der Waals surface area contributed by atoms with Gasteiger partial charge in [-0.2, -0.15) is 0 Å². The quantitative estimate of drug-likeness (QED) is 0.136. The predicted molar refractivity (Wildman–Crippen MR) is 195 cm³/mol. The van der Waals surface area contributed by atoms with E-state index in [2.05, 4.69) is 106 Å². The van der Waals surface area contributed by atoms with E-state index in [0.29, 0.717) is 19.8 Å². The van der Waals surface area contributed by atoms with Crippen LogP contribution in [-0.4, -0.2) is 57.5 Å². The van der Waals surface area contributed by atoms with E-state index in [4.69, 9.17) is 28.1 Å². The molecule has 0 N–H and O–H groups in total. The Kier molecular flexibility index (Phi) is 12.2. The third kappa shape index (κ3) is 9.75. The van der Waals surface area contributed by atoms with Gasteiger partial charge in [0, 0.05) is 19.4 Å². The van der Waals surface area contributed by atoms with Crippen LogP contribution >= 0.6 is 0 Å². The molecule has 0 aliphatic carbocycles. The maximum Gasteiger partial charge on any atom is 0.261 e. The number of benzene rings is 3. The fourth-order valence-corrected chi connectivity index (χ4v) is 11.9. The van der Waals surface area contributed by atoms with E-state index >= 15 is 0 Å². The van der Waals surface area contributed by atoms with Crippen molar-refractivity contribution >= 4 is 18.7 Å². The van der Waals surface area contributed by atoms with Gasteiger partial charge in [0.25, 0.3) is 8.32 Å². The first-order valence-corrected chi connectivity index (χ1v) is 19.5. The van der Waals surface area contributed by atoms with E-state index in [0.717, 1.165) is 31.2 Å². The molecular formula is C41H56O6Si. The van der Waals surface area contributed by atoms with Crippen molar-refractivity contribution in [2.45, 2.75) is 122 Å². The Hall–Kier alpha value is -2.62. The van der Waals surface area contributed by atoms with Crippen LogP contribution in [0.2, 0.25) is 5.04 Å². The predicted octanol–water partition coefficient (Wildman–Crippen LogP) is 7.94. The summed E-state index contributed by atoms with van der Waals surface area (Å²) in [6, 6.07) is 31.9. The van der Waals surface area contributed by atoms with Gasteiger partial charge in [-0.15, -0.1) is 0 Å². The minimum atomic E-state index is -2.60. The van der Waals surface area contributed by atoms with Crippen LogP contribution in [0, 0.1) is 0 Å². The molecule has 3 aromatic carbocycles. The molecule has 0 unspecified atom stereocenters. The maximum absolute atomic E-state index is 7.18. The first-order valence-electron chi connectivity index (χ1n) is 17.6. The normalized spacial score (nSPS) is 24.5. The fourth-order valence-electron chi connectivity index (χ4n) is 7.28. The topological polar surface area (TPSA) is 55.4 Å². The molecule has 4 atom stereocenters. The van der Waals surface area contributed by atoms with Crippen molar-refractivity contribution < 1.29 is 28.1 Å². The van der Waals surface area contributed by atoms with E-state index < -0.39 is 19.9 Å². The van der Waals surface area contributed by atoms with Crippen LogP contribution in [-0.2, 0) is 34.7 Å². The largest absolute Gasteiger partial charge is 0.407 e. The Morgan fingerprint density at radius 2 is 1.25 bits per heavy atom. The van der Waals surface area contributed by atoms with Crippen LogP contribution in [0.1, 0.15) is 79.7 Å². The standard InChI is InChI=1S/C41H56O6Si/c1-39(2,3)48(37-22-13-9-14-23-37,38-24-15-10-16-25-38)43-27-26-35-28-33(44-40(4,5)46-35)20-17-21-34-29-36(47-41(6,7)45-34)31-42-30-32-18-11-8-12-19-32/h8-20,22-25,33-36H,21,26-31H2,1-7H3/b20-17+/t33-,34+,35+,36+/m1/s1. The summed E-state index contributed by atoms with van der Waals surface area (Å²) in [6.07, 6.45) is 7.52. The molecule has 2 aliphatic rings. The lowest BCUT2D eigenvalue weighted by Crippen LogP contribution is -2.66. The van der Waals surface area contributed by atoms with Crippen LogP contribution in [0.15, 0.2) is 103 Å². The fraction of sp³-hybridized carbons (Fsp3) is 0.512. The Balaban J connectivity index is 1.18. The lowest BCUT2D eigenvalue weighted by atomic mass is 10.0. The van der Waals surface area contributed by atoms with Crippen LogP contribution in [0.4, 0.5) is 0 Å². The number of rotatable bonds is 13. The second-order valence-electron chi connectivity index (χ2n) is 15.1. The highest BCUT2D eigenvalue weighted by molar-refractivity contribution is 6.99. The van der Waals surface area contributed by atoms with E-state index in [1.807, 2.05) is 45.9 Å². The molecule has 0 aromatic heterocycles. The van der Waals surface area contributed by atoms with Crippen molar-refractivity contribution in [1.82, 2.24) is 0 Å². The molecular weight excluding hydrogens is 617 g/mol. The second-order valence-corrected chi connectivity index (χ2v) is 19.4. The molecule has 5 rings (SSSR count). The average Bonchev–Trinajstić information content (AvgIpc) is 3.02. The van der Waals surface area contributed by atoms with Crippen molar-refractivity contribution in [2.24, 2.45) is 0 Å². The summed E-state index contributed by atoms with van der Waals surface area (Å²) >= 11 is 0. The Bertz CT molecular complexity index is 1380. The molecule has 2 saturated heterocycles. The molecule has 2 fully saturated rings. The van der Waals surface area contributed by atoms with Gasteiger partial charge < -0.3 is 28.1 Å². The monoisotopic (exact) mass is 672 g/mol. The van der Waals surface area contributed by atoms with E-state index in [1.54, 1.807) is 0 Å². The highest BCUT2D eigenvalue weighted by atomic mass is 28.4. The van der Waals surface area contributed by atoms with E-state index in [9.17, 15) is 0 Å². The number of hydrogen-bond donors (Lipinski definition) is 0. The molecule has 3 aromatic rings. The maximum atomic E-state index is 7.18. The molecule has 2 heterocycles. The molecule has 0 spiro atoms. The van der Waals surface area contributed by atoms with Crippen molar-refractivity contribution in [3.05, 3.63) is 109 Å². The number of hydrogen-bond acceptors (Lipinski definition) is 6. The van der Waals surface area contributed by atoms with E-state index in [-0.39, 0.29) is 29.5 Å². The van der Waals surface area contributed by atoms with E-state index in [1.165, 1.54) is 10.4 Å². The summed E-state index contributed by atoms with van der Waals surface area (Å²) in [4.78, 5) is 0. The molecule has 0 amide bonds. The van der Waals surface area contributed by atoms with Gasteiger partial charge in [-0.1, -0.05) is 124 Å². The van der Waals surface area contributed by atoms with Crippen LogP contribution < -0.4 is 10.4 Å². The lowest BCUT2D eigenvalue weighted by Gasteiger charge is -2.44. The zero-order valence-electron chi connectivity index (χ0n) is 30.0. The van der Waals surface area contributed by atoms with Crippen LogP contribution in [0.25, 0.3) is 0 Å². The number of ether oxygens (including phenoxy) is 5. The molecule has 6 nitrogen and oxygen atoms in total. The summed E-state index contributed by atoms with van der Waals surface area (Å²) in [7, 11) is -2.60. The Morgan fingerprint density at radius 1 is 0.708 bits per heavy atom. The van der Waals surface area contributed by atoms with Gasteiger partial charge in [0.15, 0.2) is 11.6 Å². The third-order valence-corrected chi connectivity index (χ3v) is 14.2. The highest BCUT2D eigenvalue weighted by Crippen LogP contribution is 2.37. The summed E-state index contributed by atoms with van der Waals surface area (Å²) in [5.74, 6) is -1.35. The van der Waals surface area contributed by atoms with Gasteiger partial charge in [0.1, 0.15) is 0 Å². The van der Waals surface area contributed by atoms with Crippen molar-refractivity contribution in [3.63, 3.8) is 0 Å². The average molecular weight is 673 g/mol. The lowest BCUT2D eigenvalue weighted by molar-refractivity contribution is -0.305. The molecule has 7 heteroatoms. The van der Waals surface area contributed by atoms with Crippen LogP contribution in [0.3, 0.4) is 0 Å². The zero-order chi connectivity index (χ0) is 34.3. The van der Waals surface area contributed by atoms with Gasteiger partial charge in [-0.3, -0.25) is 0 Å². The van der Waals surface area contributed by atoms with Crippen molar-refractivity contribution in [1.29, 1.82) is 0 Å². The summed E-state index contributed by atoms with van der Waals surface area (Å²) in [5.41, 5.74) is 1.16. The summed E-state index contributed by atoms with van der Waals surface area (Å²) in [5, 5.41) is 2.52. The highest BCUT2D eigenvalue weighted by Gasteiger charge is 2.50. The molecule has 0 saturated carbocycles. The summed E-state index contributed by atoms with van der Waals surface area (Å²) in [6.45, 7) is 16.7. The zero-order valence-corrected chi connectivity index (χ0v) is 31.0. The first kappa shape index (κ1) is 36.7. The molecule has 260 valence electrons. The molecule has 0 bridgehead atoms. The molecule has 0 radical (unpaired) electrons. The van der Waals surface area contributed by atoms with Gasteiger partial charge in [0.2, 0.25) is 0 Å². The minimum absolute atomic E-state index is 0.0194. The van der Waals surface area contributed by atoms with Crippen LogP contribution in [0.5, 0.6) is 0 Å². The van der Waals surface area contributed by atoms with Crippen molar-refractivity contribution in [3.8, 4) is 0 Å². The molecule has 48 heavy (non-hydrogen) atoms. The third-order valence-electron chi connectivity index (χ3n) is 9.15. The van der Waals surface area contributed by atoms with Gasteiger partial charge in [-0.25, -0.2) is 0 Å². The van der Waals surface area contributed by atoms with Crippen molar-refractivity contribution in [2.75, 3.05) is 13.2 Å². The Labute approximate surface area is 289 Å². The SMILES string of the molecule is CC1(C)O[C@H](COCc2ccccc2)C[C@H](C/C=C/[C@@H]2C[C@H](CCO[Si](c3ccccc3)(c3ccccc3)C(C)(C)C)OC(C)(C)O2)O1. The summed E-state index contributed by atoms with van der Waals surface area (Å²) < 4.78 is 38.5. The van der Waals surface area contributed by atoms with Gasteiger partial charge in [0.05, 0.1) is 37.6 Å². The minimum Gasteiger partial charge on any atom is -0.407 e. The van der Waals surface area contributed by atoms with Gasteiger partial charge in [-0.05, 0) is 61.5 Å². The second kappa shape index (κ2) is 15.9. The molecule has 2 aliphatic heterocycles. The smallest absolute Gasteiger partial charge is 0.261 e. The van der Waals surface area contributed by atoms with Gasteiger partial charge >= 0.3 is 0 Å². The first-order chi connectivity index (χ1) is 22.9.